The Kier molecular flexibility index (Phi) is 7.21. The molecule has 5 heteroatoms. The number of hydrogen-bond donors (Lipinski definition) is 1. The van der Waals surface area contributed by atoms with Gasteiger partial charge in [0, 0.05) is 18.2 Å². The van der Waals surface area contributed by atoms with Gasteiger partial charge in [-0.2, -0.15) is 4.73 Å². The van der Waals surface area contributed by atoms with Crippen LogP contribution in [0.1, 0.15) is 58.8 Å². The van der Waals surface area contributed by atoms with Gasteiger partial charge in [0.15, 0.2) is 6.20 Å². The number of nitrogens with one attached hydrogen (secondary N) is 1. The Bertz CT molecular complexity index is 500. The molecule has 0 bridgehead atoms. The SMILES string of the molecule is CC(C)[C@H](Sc1cccc[n+]1[O-])C(=O)NC1CCCCCCC1. The number of pyridine rings is 1. The fraction of sp³-hybridized carbons (Fsp3) is 0.667. The van der Waals surface area contributed by atoms with E-state index in [2.05, 4.69) is 5.32 Å². The van der Waals surface area contributed by atoms with Crippen molar-refractivity contribution in [2.24, 2.45) is 5.92 Å². The van der Waals surface area contributed by atoms with Crippen molar-refractivity contribution < 1.29 is 9.52 Å². The molecule has 0 saturated heterocycles. The molecule has 1 aliphatic carbocycles. The zero-order chi connectivity index (χ0) is 16.7. The molecule has 1 N–H and O–H groups in total. The maximum absolute atomic E-state index is 12.7. The molecule has 0 aliphatic heterocycles. The lowest BCUT2D eigenvalue weighted by molar-refractivity contribution is -0.645. The minimum Gasteiger partial charge on any atom is -0.618 e. The largest absolute Gasteiger partial charge is 0.618 e. The van der Waals surface area contributed by atoms with Gasteiger partial charge in [-0.25, -0.2) is 0 Å². The smallest absolute Gasteiger partial charge is 0.252 e. The summed E-state index contributed by atoms with van der Waals surface area (Å²) in [6.45, 7) is 4.07. The van der Waals surface area contributed by atoms with Crippen molar-refractivity contribution in [2.75, 3.05) is 0 Å². The minimum atomic E-state index is -0.233. The second-order valence-corrected chi connectivity index (χ2v) is 7.86. The fourth-order valence-electron chi connectivity index (χ4n) is 3.01. The molecule has 23 heavy (non-hydrogen) atoms. The van der Waals surface area contributed by atoms with Crippen LogP contribution < -0.4 is 10.0 Å². The van der Waals surface area contributed by atoms with Gasteiger partial charge in [0.25, 0.3) is 5.03 Å². The van der Waals surface area contributed by atoms with Crippen LogP contribution in [0.5, 0.6) is 0 Å². The molecule has 1 saturated carbocycles. The Morgan fingerprint density at radius 3 is 2.48 bits per heavy atom. The molecule has 1 aromatic heterocycles. The Labute approximate surface area is 143 Å². The average Bonchev–Trinajstić information content (AvgIpc) is 2.48. The quantitative estimate of drug-likeness (QED) is 0.507. The van der Waals surface area contributed by atoms with E-state index in [0.717, 1.165) is 17.6 Å². The Morgan fingerprint density at radius 2 is 1.87 bits per heavy atom. The van der Waals surface area contributed by atoms with Crippen molar-refractivity contribution in [1.29, 1.82) is 0 Å². The molecule has 128 valence electrons. The van der Waals surface area contributed by atoms with Gasteiger partial charge < -0.3 is 10.5 Å². The Morgan fingerprint density at radius 1 is 1.22 bits per heavy atom. The molecule has 1 atom stereocenters. The van der Waals surface area contributed by atoms with E-state index in [1.54, 1.807) is 12.1 Å². The molecule has 0 aromatic carbocycles. The van der Waals surface area contributed by atoms with Crippen LogP contribution in [0.3, 0.4) is 0 Å². The first-order valence-corrected chi connectivity index (χ1v) is 9.61. The summed E-state index contributed by atoms with van der Waals surface area (Å²) in [5.74, 6) is 0.244. The number of aromatic nitrogens is 1. The lowest BCUT2D eigenvalue weighted by Gasteiger charge is -2.25. The highest BCUT2D eigenvalue weighted by atomic mass is 32.2. The minimum absolute atomic E-state index is 0.0689. The number of carbonyl (C=O) groups is 1. The van der Waals surface area contributed by atoms with Crippen molar-refractivity contribution >= 4 is 17.7 Å². The molecule has 0 spiro atoms. The predicted octanol–water partition coefficient (Wildman–Crippen LogP) is 3.67. The van der Waals surface area contributed by atoms with Gasteiger partial charge in [-0.05, 0) is 36.6 Å². The van der Waals surface area contributed by atoms with Gasteiger partial charge >= 0.3 is 0 Å². The van der Waals surface area contributed by atoms with E-state index >= 15 is 0 Å². The Hall–Kier alpha value is -1.23. The molecule has 0 unspecified atom stereocenters. The first-order valence-electron chi connectivity index (χ1n) is 8.73. The highest BCUT2D eigenvalue weighted by molar-refractivity contribution is 8.00. The first kappa shape index (κ1) is 18.1. The molecule has 0 radical (unpaired) electrons. The molecule has 2 rings (SSSR count). The Balaban J connectivity index is 1.99. The number of thioether (sulfide) groups is 1. The van der Waals surface area contributed by atoms with Gasteiger partial charge in [0.1, 0.15) is 0 Å². The van der Waals surface area contributed by atoms with E-state index < -0.39 is 0 Å². The lowest BCUT2D eigenvalue weighted by atomic mass is 9.96. The third-order valence-electron chi connectivity index (χ3n) is 4.35. The number of hydrogen-bond acceptors (Lipinski definition) is 3. The summed E-state index contributed by atoms with van der Waals surface area (Å²) >= 11 is 1.37. The third kappa shape index (κ3) is 5.72. The standard InChI is InChI=1S/C18H28N2O2S/c1-14(2)17(23-16-12-8-9-13-20(16)22)18(21)19-15-10-6-4-3-5-7-11-15/h8-9,12-15,17H,3-7,10-11H2,1-2H3,(H,19,21)/t17-/m0/s1. The summed E-state index contributed by atoms with van der Waals surface area (Å²) in [6.07, 6.45) is 9.90. The maximum atomic E-state index is 12.7. The second kappa shape index (κ2) is 9.16. The van der Waals surface area contributed by atoms with Crippen LogP contribution >= 0.6 is 11.8 Å². The zero-order valence-corrected chi connectivity index (χ0v) is 15.0. The predicted molar refractivity (Wildman–Crippen MR) is 94.1 cm³/mol. The van der Waals surface area contributed by atoms with Crippen LogP contribution in [0.25, 0.3) is 0 Å². The third-order valence-corrected chi connectivity index (χ3v) is 5.92. The summed E-state index contributed by atoms with van der Waals surface area (Å²) < 4.78 is 0.836. The summed E-state index contributed by atoms with van der Waals surface area (Å²) in [7, 11) is 0. The molecule has 4 nitrogen and oxygen atoms in total. The van der Waals surface area contributed by atoms with E-state index in [0.29, 0.717) is 11.1 Å². The van der Waals surface area contributed by atoms with E-state index in [1.165, 1.54) is 50.1 Å². The molecular weight excluding hydrogens is 308 g/mol. The number of nitrogens with zero attached hydrogens (tertiary/aromatic N) is 1. The van der Waals surface area contributed by atoms with Gasteiger partial charge in [0.05, 0.1) is 5.25 Å². The summed E-state index contributed by atoms with van der Waals surface area (Å²) in [5, 5.41) is 15.4. The highest BCUT2D eigenvalue weighted by Gasteiger charge is 2.28. The molecule has 1 heterocycles. The number of rotatable bonds is 5. The summed E-state index contributed by atoms with van der Waals surface area (Å²) in [5.41, 5.74) is 0. The van der Waals surface area contributed by atoms with Gasteiger partial charge in [-0.3, -0.25) is 4.79 Å². The summed E-state index contributed by atoms with van der Waals surface area (Å²) in [6, 6.07) is 5.60. The van der Waals surface area contributed by atoms with E-state index in [9.17, 15) is 10.0 Å². The zero-order valence-electron chi connectivity index (χ0n) is 14.2. The first-order chi connectivity index (χ1) is 11.1. The molecule has 1 fully saturated rings. The summed E-state index contributed by atoms with van der Waals surface area (Å²) in [4.78, 5) is 12.7. The van der Waals surface area contributed by atoms with Crippen molar-refractivity contribution in [2.45, 2.75) is 75.1 Å². The second-order valence-electron chi connectivity index (χ2n) is 6.70. The van der Waals surface area contributed by atoms with Gasteiger partial charge in [0.2, 0.25) is 5.91 Å². The topological polar surface area (TPSA) is 56.0 Å². The molecule has 1 amide bonds. The van der Waals surface area contributed by atoms with Crippen molar-refractivity contribution in [3.8, 4) is 0 Å². The van der Waals surface area contributed by atoms with Crippen molar-refractivity contribution in [3.05, 3.63) is 29.6 Å². The van der Waals surface area contributed by atoms with E-state index in [4.69, 9.17) is 0 Å². The van der Waals surface area contributed by atoms with Crippen LogP contribution in [0.4, 0.5) is 0 Å². The van der Waals surface area contributed by atoms with E-state index in [-0.39, 0.29) is 17.1 Å². The van der Waals surface area contributed by atoms with Gasteiger partial charge in [-0.1, -0.05) is 46.0 Å². The van der Waals surface area contributed by atoms with Gasteiger partial charge in [-0.15, -0.1) is 0 Å². The van der Waals surface area contributed by atoms with Crippen LogP contribution in [0, 0.1) is 11.1 Å². The molecule has 1 aromatic rings. The van der Waals surface area contributed by atoms with Crippen LogP contribution in [0.15, 0.2) is 29.4 Å². The highest BCUT2D eigenvalue weighted by Crippen LogP contribution is 2.26. The number of amides is 1. The number of carbonyl (C=O) groups excluding carboxylic acids is 1. The molecule has 1 aliphatic rings. The molecular formula is C18H28N2O2S. The van der Waals surface area contributed by atoms with Crippen molar-refractivity contribution in [1.82, 2.24) is 5.32 Å². The average molecular weight is 337 g/mol. The van der Waals surface area contributed by atoms with Crippen LogP contribution in [-0.2, 0) is 4.79 Å². The van der Waals surface area contributed by atoms with E-state index in [1.807, 2.05) is 19.9 Å². The monoisotopic (exact) mass is 336 g/mol. The van der Waals surface area contributed by atoms with Crippen LogP contribution in [-0.4, -0.2) is 17.2 Å². The fourth-order valence-corrected chi connectivity index (χ4v) is 4.04. The lowest BCUT2D eigenvalue weighted by Crippen LogP contribution is -2.43. The normalized spacial score (nSPS) is 18.2. The van der Waals surface area contributed by atoms with Crippen molar-refractivity contribution in [3.63, 3.8) is 0 Å². The van der Waals surface area contributed by atoms with Crippen LogP contribution in [0.2, 0.25) is 0 Å². The maximum Gasteiger partial charge on any atom is 0.252 e.